The molecule has 2 saturated heterocycles. The Hall–Kier alpha value is -2.53. The Morgan fingerprint density at radius 1 is 1.04 bits per heavy atom. The van der Waals surface area contributed by atoms with Gasteiger partial charge in [-0.2, -0.15) is 0 Å². The zero-order valence-corrected chi connectivity index (χ0v) is 17.4. The lowest BCUT2D eigenvalue weighted by Gasteiger charge is -2.18. The average molecular weight is 392 g/mol. The van der Waals surface area contributed by atoms with Crippen molar-refractivity contribution in [2.45, 2.75) is 33.6 Å². The standard InChI is InChI=1S/C23H25N3OS/c1-15-6-9-20(17(3)12-15)24-23-25-22(27)21(28-23)14-18-7-8-19(13-16(18)2)26-10-4-5-11-26/h6-9,12-14H,4-5,10-11H2,1-3H3,(H,24,25,27)/b21-14-. The van der Waals surface area contributed by atoms with Crippen molar-refractivity contribution in [1.29, 1.82) is 0 Å². The molecule has 0 unspecified atom stereocenters. The Morgan fingerprint density at radius 2 is 1.82 bits per heavy atom. The number of aliphatic imine (C=N–C) groups is 1. The van der Waals surface area contributed by atoms with Crippen LogP contribution in [0.1, 0.15) is 35.1 Å². The molecule has 0 saturated carbocycles. The summed E-state index contributed by atoms with van der Waals surface area (Å²) in [5, 5.41) is 3.52. The van der Waals surface area contributed by atoms with Crippen LogP contribution in [0.3, 0.4) is 0 Å². The first-order chi connectivity index (χ1) is 13.5. The molecule has 2 aliphatic heterocycles. The fourth-order valence-corrected chi connectivity index (χ4v) is 4.48. The summed E-state index contributed by atoms with van der Waals surface area (Å²) in [5.74, 6) is -0.0865. The van der Waals surface area contributed by atoms with Crippen molar-refractivity contribution < 1.29 is 4.79 Å². The summed E-state index contributed by atoms with van der Waals surface area (Å²) in [6.45, 7) is 8.48. The quantitative estimate of drug-likeness (QED) is 0.740. The van der Waals surface area contributed by atoms with E-state index in [0.29, 0.717) is 10.1 Å². The van der Waals surface area contributed by atoms with Gasteiger partial charge in [-0.15, -0.1) is 0 Å². The van der Waals surface area contributed by atoms with Crippen molar-refractivity contribution >= 4 is 40.3 Å². The van der Waals surface area contributed by atoms with E-state index >= 15 is 0 Å². The minimum atomic E-state index is -0.0865. The van der Waals surface area contributed by atoms with E-state index in [9.17, 15) is 4.79 Å². The summed E-state index contributed by atoms with van der Waals surface area (Å²) in [6, 6.07) is 12.6. The van der Waals surface area contributed by atoms with Crippen LogP contribution in [0, 0.1) is 20.8 Å². The van der Waals surface area contributed by atoms with Gasteiger partial charge in [0, 0.05) is 18.8 Å². The molecule has 2 heterocycles. The highest BCUT2D eigenvalue weighted by Crippen LogP contribution is 2.31. The molecule has 2 aromatic rings. The number of hydrogen-bond acceptors (Lipinski definition) is 4. The zero-order valence-electron chi connectivity index (χ0n) is 16.6. The summed E-state index contributed by atoms with van der Waals surface area (Å²) in [5.41, 5.74) is 6.74. The summed E-state index contributed by atoms with van der Waals surface area (Å²) in [4.78, 5) is 20.2. The first-order valence-corrected chi connectivity index (χ1v) is 10.5. The van der Waals surface area contributed by atoms with Crippen molar-refractivity contribution in [3.63, 3.8) is 0 Å². The topological polar surface area (TPSA) is 44.7 Å². The summed E-state index contributed by atoms with van der Waals surface area (Å²) >= 11 is 1.40. The van der Waals surface area contributed by atoms with Crippen LogP contribution < -0.4 is 10.2 Å². The van der Waals surface area contributed by atoms with Crippen LogP contribution in [-0.2, 0) is 4.79 Å². The predicted octanol–water partition coefficient (Wildman–Crippen LogP) is 5.10. The molecule has 1 N–H and O–H groups in total. The van der Waals surface area contributed by atoms with Gasteiger partial charge in [0.2, 0.25) is 0 Å². The first-order valence-electron chi connectivity index (χ1n) is 9.72. The van der Waals surface area contributed by atoms with E-state index in [0.717, 1.165) is 29.9 Å². The molecule has 5 heteroatoms. The number of carbonyl (C=O) groups is 1. The van der Waals surface area contributed by atoms with E-state index < -0.39 is 0 Å². The molecule has 2 aliphatic rings. The van der Waals surface area contributed by atoms with Gasteiger partial charge in [-0.05, 0) is 86.3 Å². The van der Waals surface area contributed by atoms with Crippen LogP contribution >= 0.6 is 11.8 Å². The third-order valence-corrected chi connectivity index (χ3v) is 6.15. The smallest absolute Gasteiger partial charge is 0.264 e. The highest BCUT2D eigenvalue weighted by atomic mass is 32.2. The fourth-order valence-electron chi connectivity index (χ4n) is 3.66. The number of rotatable bonds is 3. The molecular weight excluding hydrogens is 366 g/mol. The largest absolute Gasteiger partial charge is 0.372 e. The van der Waals surface area contributed by atoms with Crippen molar-refractivity contribution in [2.75, 3.05) is 18.0 Å². The minimum Gasteiger partial charge on any atom is -0.372 e. The van der Waals surface area contributed by atoms with Crippen molar-refractivity contribution in [3.05, 3.63) is 63.6 Å². The van der Waals surface area contributed by atoms with E-state index in [-0.39, 0.29) is 5.91 Å². The van der Waals surface area contributed by atoms with Gasteiger partial charge in [-0.3, -0.25) is 4.79 Å². The number of hydrogen-bond donors (Lipinski definition) is 1. The number of nitrogens with zero attached hydrogens (tertiary/aromatic N) is 2. The third-order valence-electron chi connectivity index (χ3n) is 5.24. The van der Waals surface area contributed by atoms with Gasteiger partial charge in [-0.25, -0.2) is 4.99 Å². The zero-order chi connectivity index (χ0) is 19.7. The molecule has 0 aliphatic carbocycles. The first kappa shape index (κ1) is 18.8. The Bertz CT molecular complexity index is 987. The Balaban J connectivity index is 1.55. The van der Waals surface area contributed by atoms with E-state index in [1.165, 1.54) is 41.4 Å². The number of aryl methyl sites for hydroxylation is 3. The lowest BCUT2D eigenvalue weighted by Crippen LogP contribution is -2.19. The average Bonchev–Trinajstić information content (AvgIpc) is 3.30. The van der Waals surface area contributed by atoms with Gasteiger partial charge in [0.05, 0.1) is 10.6 Å². The molecular formula is C23H25N3OS. The Labute approximate surface area is 170 Å². The van der Waals surface area contributed by atoms with Crippen LogP contribution in [0.15, 0.2) is 46.3 Å². The van der Waals surface area contributed by atoms with E-state index in [4.69, 9.17) is 0 Å². The van der Waals surface area contributed by atoms with E-state index in [1.807, 2.05) is 25.1 Å². The molecule has 4 nitrogen and oxygen atoms in total. The van der Waals surface area contributed by atoms with Crippen molar-refractivity contribution in [3.8, 4) is 0 Å². The summed E-state index contributed by atoms with van der Waals surface area (Å²) in [7, 11) is 0. The highest BCUT2D eigenvalue weighted by Gasteiger charge is 2.24. The molecule has 0 spiro atoms. The third kappa shape index (κ3) is 3.99. The number of benzene rings is 2. The van der Waals surface area contributed by atoms with Crippen molar-refractivity contribution in [2.24, 2.45) is 4.99 Å². The van der Waals surface area contributed by atoms with Crippen LogP contribution in [0.2, 0.25) is 0 Å². The number of anilines is 1. The molecule has 28 heavy (non-hydrogen) atoms. The number of nitrogens with one attached hydrogen (secondary N) is 1. The van der Waals surface area contributed by atoms with Crippen LogP contribution in [0.5, 0.6) is 0 Å². The van der Waals surface area contributed by atoms with Crippen LogP contribution in [-0.4, -0.2) is 24.2 Å². The summed E-state index contributed by atoms with van der Waals surface area (Å²) < 4.78 is 0. The maximum absolute atomic E-state index is 12.4. The number of amidine groups is 1. The Morgan fingerprint density at radius 3 is 2.54 bits per heavy atom. The van der Waals surface area contributed by atoms with Gasteiger partial charge >= 0.3 is 0 Å². The number of carbonyl (C=O) groups excluding carboxylic acids is 1. The second-order valence-electron chi connectivity index (χ2n) is 7.51. The maximum atomic E-state index is 12.4. The Kier molecular flexibility index (Phi) is 5.27. The fraction of sp³-hybridized carbons (Fsp3) is 0.304. The monoisotopic (exact) mass is 391 g/mol. The SMILES string of the molecule is Cc1ccc(N=C2NC(=O)/C(=C/c3ccc(N4CCCC4)cc3C)S2)c(C)c1. The van der Waals surface area contributed by atoms with Gasteiger partial charge in [0.15, 0.2) is 5.17 Å². The van der Waals surface area contributed by atoms with Gasteiger partial charge < -0.3 is 10.2 Å². The van der Waals surface area contributed by atoms with Gasteiger partial charge in [0.1, 0.15) is 0 Å². The molecule has 0 aromatic heterocycles. The predicted molar refractivity (Wildman–Crippen MR) is 119 cm³/mol. The van der Waals surface area contributed by atoms with Crippen molar-refractivity contribution in [1.82, 2.24) is 5.32 Å². The molecule has 0 bridgehead atoms. The molecule has 144 valence electrons. The maximum Gasteiger partial charge on any atom is 0.264 e. The normalized spacial score (nSPS) is 19.7. The highest BCUT2D eigenvalue weighted by molar-refractivity contribution is 8.18. The molecule has 2 fully saturated rings. The van der Waals surface area contributed by atoms with Crippen LogP contribution in [0.25, 0.3) is 6.08 Å². The molecule has 0 atom stereocenters. The summed E-state index contributed by atoms with van der Waals surface area (Å²) in [6.07, 6.45) is 4.50. The van der Waals surface area contributed by atoms with Gasteiger partial charge in [-0.1, -0.05) is 23.8 Å². The lowest BCUT2D eigenvalue weighted by atomic mass is 10.1. The van der Waals surface area contributed by atoms with Crippen LogP contribution in [0.4, 0.5) is 11.4 Å². The lowest BCUT2D eigenvalue weighted by molar-refractivity contribution is -0.115. The molecule has 4 rings (SSSR count). The van der Waals surface area contributed by atoms with Gasteiger partial charge in [0.25, 0.3) is 5.91 Å². The number of amides is 1. The minimum absolute atomic E-state index is 0.0865. The number of thioether (sulfide) groups is 1. The molecule has 0 radical (unpaired) electrons. The van der Waals surface area contributed by atoms with E-state index in [2.05, 4.69) is 53.3 Å². The molecule has 1 amide bonds. The molecule has 2 aromatic carbocycles. The second kappa shape index (κ2) is 7.84. The van der Waals surface area contributed by atoms with E-state index in [1.54, 1.807) is 0 Å². The second-order valence-corrected chi connectivity index (χ2v) is 8.54.